The summed E-state index contributed by atoms with van der Waals surface area (Å²) in [5, 5.41) is 4.52. The smallest absolute Gasteiger partial charge is 0.119 e. The first kappa shape index (κ1) is 13.1. The summed E-state index contributed by atoms with van der Waals surface area (Å²) in [5.74, 6) is 0.940. The lowest BCUT2D eigenvalue weighted by molar-refractivity contribution is 0.308. The van der Waals surface area contributed by atoms with Crippen LogP contribution >= 0.6 is 11.3 Å². The minimum absolute atomic E-state index is 0.749. The SMILES string of the molecule is Cc1ncc(CNCCCOc2ccccc2)s1. The third kappa shape index (κ3) is 4.47. The van der Waals surface area contributed by atoms with Gasteiger partial charge in [0.05, 0.1) is 11.6 Å². The van der Waals surface area contributed by atoms with Crippen LogP contribution < -0.4 is 10.1 Å². The number of rotatable bonds is 7. The molecule has 1 aromatic heterocycles. The fraction of sp³-hybridized carbons (Fsp3) is 0.357. The summed E-state index contributed by atoms with van der Waals surface area (Å²) in [6, 6.07) is 9.92. The van der Waals surface area contributed by atoms with Crippen LogP contribution in [0.2, 0.25) is 0 Å². The Morgan fingerprint density at radius 3 is 2.83 bits per heavy atom. The predicted molar refractivity (Wildman–Crippen MR) is 75.1 cm³/mol. The molecule has 18 heavy (non-hydrogen) atoms. The average molecular weight is 262 g/mol. The van der Waals surface area contributed by atoms with E-state index in [0.717, 1.165) is 36.9 Å². The van der Waals surface area contributed by atoms with E-state index in [1.165, 1.54) is 4.88 Å². The van der Waals surface area contributed by atoms with Crippen LogP contribution in [-0.4, -0.2) is 18.1 Å². The van der Waals surface area contributed by atoms with Gasteiger partial charge < -0.3 is 10.1 Å². The third-order valence-corrected chi connectivity index (χ3v) is 3.39. The van der Waals surface area contributed by atoms with Crippen molar-refractivity contribution in [1.29, 1.82) is 0 Å². The van der Waals surface area contributed by atoms with Gasteiger partial charge in [0.2, 0.25) is 0 Å². The summed E-state index contributed by atoms with van der Waals surface area (Å²) in [7, 11) is 0. The van der Waals surface area contributed by atoms with Crippen LogP contribution in [0.4, 0.5) is 0 Å². The van der Waals surface area contributed by atoms with Crippen LogP contribution in [0.15, 0.2) is 36.5 Å². The molecule has 0 aliphatic carbocycles. The highest BCUT2D eigenvalue weighted by molar-refractivity contribution is 7.11. The Bertz CT molecular complexity index is 456. The number of aryl methyl sites for hydroxylation is 1. The van der Waals surface area contributed by atoms with E-state index in [0.29, 0.717) is 0 Å². The molecular formula is C14H18N2OS. The van der Waals surface area contributed by atoms with Gasteiger partial charge in [0.15, 0.2) is 0 Å². The summed E-state index contributed by atoms with van der Waals surface area (Å²) >= 11 is 1.74. The summed E-state index contributed by atoms with van der Waals surface area (Å²) in [4.78, 5) is 5.51. The van der Waals surface area contributed by atoms with Crippen molar-refractivity contribution >= 4 is 11.3 Å². The van der Waals surface area contributed by atoms with Gasteiger partial charge >= 0.3 is 0 Å². The van der Waals surface area contributed by atoms with Crippen molar-refractivity contribution in [1.82, 2.24) is 10.3 Å². The number of ether oxygens (including phenoxy) is 1. The maximum Gasteiger partial charge on any atom is 0.119 e. The van der Waals surface area contributed by atoms with Gasteiger partial charge in [-0.2, -0.15) is 0 Å². The second-order valence-electron chi connectivity index (χ2n) is 4.04. The molecule has 2 rings (SSSR count). The quantitative estimate of drug-likeness (QED) is 0.779. The molecule has 0 saturated carbocycles. The molecule has 96 valence electrons. The Morgan fingerprint density at radius 2 is 2.11 bits per heavy atom. The molecule has 0 aliphatic rings. The molecule has 1 aromatic carbocycles. The second-order valence-corrected chi connectivity index (χ2v) is 5.36. The van der Waals surface area contributed by atoms with Crippen molar-refractivity contribution in [3.8, 4) is 5.75 Å². The number of para-hydroxylation sites is 1. The Morgan fingerprint density at radius 1 is 1.28 bits per heavy atom. The molecule has 0 unspecified atom stereocenters. The Balaban J connectivity index is 1.54. The lowest BCUT2D eigenvalue weighted by Gasteiger charge is -2.06. The zero-order chi connectivity index (χ0) is 12.6. The minimum Gasteiger partial charge on any atom is -0.494 e. The molecule has 0 radical (unpaired) electrons. The van der Waals surface area contributed by atoms with Crippen molar-refractivity contribution in [2.24, 2.45) is 0 Å². The summed E-state index contributed by atoms with van der Waals surface area (Å²) in [6.45, 7) is 4.64. The zero-order valence-corrected chi connectivity index (χ0v) is 11.4. The zero-order valence-electron chi connectivity index (χ0n) is 10.6. The normalized spacial score (nSPS) is 10.5. The first-order valence-corrected chi connectivity index (χ1v) is 6.96. The molecule has 0 spiro atoms. The van der Waals surface area contributed by atoms with E-state index in [1.54, 1.807) is 11.3 Å². The van der Waals surface area contributed by atoms with Gasteiger partial charge in [0.25, 0.3) is 0 Å². The van der Waals surface area contributed by atoms with Gasteiger partial charge in [0, 0.05) is 17.6 Å². The van der Waals surface area contributed by atoms with E-state index in [1.807, 2.05) is 43.5 Å². The highest BCUT2D eigenvalue weighted by Crippen LogP contribution is 2.11. The van der Waals surface area contributed by atoms with Crippen LogP contribution in [-0.2, 0) is 6.54 Å². The molecule has 2 aromatic rings. The average Bonchev–Trinajstić information content (AvgIpc) is 2.81. The Labute approximate surface area is 112 Å². The molecular weight excluding hydrogens is 244 g/mol. The van der Waals surface area contributed by atoms with Gasteiger partial charge in [-0.05, 0) is 32.0 Å². The van der Waals surface area contributed by atoms with Crippen molar-refractivity contribution < 1.29 is 4.74 Å². The van der Waals surface area contributed by atoms with Crippen LogP contribution in [0.1, 0.15) is 16.3 Å². The van der Waals surface area contributed by atoms with Gasteiger partial charge in [-0.3, -0.25) is 0 Å². The number of aromatic nitrogens is 1. The van der Waals surface area contributed by atoms with E-state index < -0.39 is 0 Å². The summed E-state index contributed by atoms with van der Waals surface area (Å²) in [5.41, 5.74) is 0. The maximum absolute atomic E-state index is 5.61. The fourth-order valence-electron chi connectivity index (χ4n) is 1.60. The summed E-state index contributed by atoms with van der Waals surface area (Å²) < 4.78 is 5.61. The van der Waals surface area contributed by atoms with Crippen molar-refractivity contribution in [3.05, 3.63) is 46.4 Å². The number of nitrogens with one attached hydrogen (secondary N) is 1. The molecule has 3 nitrogen and oxygen atoms in total. The van der Waals surface area contributed by atoms with Crippen molar-refractivity contribution in [3.63, 3.8) is 0 Å². The fourth-order valence-corrected chi connectivity index (χ4v) is 2.37. The standard InChI is InChI=1S/C14H18N2OS/c1-12-16-11-14(18-12)10-15-8-5-9-17-13-6-3-2-4-7-13/h2-4,6-7,11,15H,5,8-10H2,1H3. The molecule has 0 bridgehead atoms. The molecule has 0 aliphatic heterocycles. The van der Waals surface area contributed by atoms with E-state index in [9.17, 15) is 0 Å². The Kier molecular flexibility index (Phi) is 5.17. The maximum atomic E-state index is 5.61. The first-order valence-electron chi connectivity index (χ1n) is 6.14. The number of benzene rings is 1. The number of thiazole rings is 1. The molecule has 1 N–H and O–H groups in total. The molecule has 0 amide bonds. The van der Waals surface area contributed by atoms with E-state index in [4.69, 9.17) is 4.74 Å². The summed E-state index contributed by atoms with van der Waals surface area (Å²) in [6.07, 6.45) is 2.94. The number of hydrogen-bond acceptors (Lipinski definition) is 4. The van der Waals surface area contributed by atoms with Crippen molar-refractivity contribution in [2.75, 3.05) is 13.2 Å². The van der Waals surface area contributed by atoms with Gasteiger partial charge in [-0.1, -0.05) is 18.2 Å². The molecule has 0 atom stereocenters. The highest BCUT2D eigenvalue weighted by atomic mass is 32.1. The minimum atomic E-state index is 0.749. The monoisotopic (exact) mass is 262 g/mol. The van der Waals surface area contributed by atoms with E-state index in [-0.39, 0.29) is 0 Å². The van der Waals surface area contributed by atoms with E-state index >= 15 is 0 Å². The lowest BCUT2D eigenvalue weighted by atomic mass is 10.3. The van der Waals surface area contributed by atoms with Crippen LogP contribution in [0.5, 0.6) is 5.75 Å². The lowest BCUT2D eigenvalue weighted by Crippen LogP contribution is -2.16. The van der Waals surface area contributed by atoms with Gasteiger partial charge in [-0.15, -0.1) is 11.3 Å². The molecule has 4 heteroatoms. The van der Waals surface area contributed by atoms with Gasteiger partial charge in [0.1, 0.15) is 5.75 Å². The van der Waals surface area contributed by atoms with Crippen LogP contribution in [0, 0.1) is 6.92 Å². The molecule has 0 saturated heterocycles. The van der Waals surface area contributed by atoms with Crippen molar-refractivity contribution in [2.45, 2.75) is 19.9 Å². The third-order valence-electron chi connectivity index (χ3n) is 2.48. The topological polar surface area (TPSA) is 34.2 Å². The first-order chi connectivity index (χ1) is 8.84. The second kappa shape index (κ2) is 7.13. The van der Waals surface area contributed by atoms with Crippen LogP contribution in [0.25, 0.3) is 0 Å². The van der Waals surface area contributed by atoms with Gasteiger partial charge in [-0.25, -0.2) is 4.98 Å². The highest BCUT2D eigenvalue weighted by Gasteiger charge is 1.97. The molecule has 0 fully saturated rings. The Hall–Kier alpha value is -1.39. The number of hydrogen-bond donors (Lipinski definition) is 1. The van der Waals surface area contributed by atoms with Crippen LogP contribution in [0.3, 0.4) is 0 Å². The van der Waals surface area contributed by atoms with E-state index in [2.05, 4.69) is 10.3 Å². The number of nitrogens with zero attached hydrogens (tertiary/aromatic N) is 1. The largest absolute Gasteiger partial charge is 0.494 e. The molecule has 1 heterocycles. The predicted octanol–water partition coefficient (Wildman–Crippen LogP) is 3.01.